The molecule has 0 atom stereocenters. The first-order valence-corrected chi connectivity index (χ1v) is 11.2. The fraction of sp³-hybridized carbons (Fsp3) is 0.154. The summed E-state index contributed by atoms with van der Waals surface area (Å²) in [7, 11) is 0. The van der Waals surface area contributed by atoms with Gasteiger partial charge in [0.2, 0.25) is 11.9 Å². The second kappa shape index (κ2) is 8.15. The number of hydrogen-bond donors (Lipinski definition) is 2. The number of nitrogens with zero attached hydrogens (tertiary/aromatic N) is 3. The second-order valence-electron chi connectivity index (χ2n) is 8.34. The molecule has 8 nitrogen and oxygen atoms in total. The number of nitrogens with one attached hydrogen (secondary N) is 2. The van der Waals surface area contributed by atoms with E-state index in [1.54, 1.807) is 24.5 Å². The van der Waals surface area contributed by atoms with Crippen molar-refractivity contribution in [1.82, 2.24) is 19.7 Å². The van der Waals surface area contributed by atoms with Crippen LogP contribution in [0.4, 0.5) is 5.82 Å². The number of aromatic nitrogens is 4. The van der Waals surface area contributed by atoms with Gasteiger partial charge in [0.15, 0.2) is 5.76 Å². The molecule has 0 bridgehead atoms. The predicted octanol–water partition coefficient (Wildman–Crippen LogP) is 4.04. The van der Waals surface area contributed by atoms with Gasteiger partial charge in [0.1, 0.15) is 11.5 Å². The molecule has 0 fully saturated rings. The van der Waals surface area contributed by atoms with Crippen molar-refractivity contribution in [2.75, 3.05) is 5.32 Å². The van der Waals surface area contributed by atoms with E-state index in [9.17, 15) is 9.59 Å². The average Bonchev–Trinajstić information content (AvgIpc) is 3.60. The topological polar surface area (TPSA) is 106 Å². The standard InChI is InChI=1S/C26H21N5O3/c32-24(14-17-8-3-7-16-6-1-2-9-18(16)17)28-23-15-21(22-12-5-13-34-22)30-31(23)26-27-20-11-4-10-19(20)25(33)29-26/h1-3,5-9,12-13,15H,4,10-11,14H2,(H,28,32)(H,27,29,33). The fourth-order valence-corrected chi connectivity index (χ4v) is 4.51. The summed E-state index contributed by atoms with van der Waals surface area (Å²) >= 11 is 0. The van der Waals surface area contributed by atoms with E-state index < -0.39 is 0 Å². The number of H-pyrrole nitrogens is 1. The van der Waals surface area contributed by atoms with Crippen LogP contribution in [0.25, 0.3) is 28.2 Å². The molecule has 0 unspecified atom stereocenters. The molecule has 0 radical (unpaired) electrons. The van der Waals surface area contributed by atoms with Crippen molar-refractivity contribution in [3.63, 3.8) is 0 Å². The maximum atomic E-state index is 13.1. The number of furan rings is 1. The number of carbonyl (C=O) groups excluding carboxylic acids is 1. The number of aryl methyl sites for hydroxylation is 1. The van der Waals surface area contributed by atoms with Gasteiger partial charge in [-0.05, 0) is 47.7 Å². The van der Waals surface area contributed by atoms with E-state index in [-0.39, 0.29) is 23.8 Å². The van der Waals surface area contributed by atoms with Crippen molar-refractivity contribution in [3.05, 3.63) is 94.1 Å². The molecule has 2 N–H and O–H groups in total. The van der Waals surface area contributed by atoms with Gasteiger partial charge >= 0.3 is 0 Å². The van der Waals surface area contributed by atoms with Gasteiger partial charge in [-0.3, -0.25) is 14.6 Å². The van der Waals surface area contributed by atoms with Crippen LogP contribution in [0.5, 0.6) is 0 Å². The van der Waals surface area contributed by atoms with E-state index in [0.29, 0.717) is 17.3 Å². The van der Waals surface area contributed by atoms with Crippen molar-refractivity contribution in [1.29, 1.82) is 0 Å². The monoisotopic (exact) mass is 451 g/mol. The molecule has 3 aromatic heterocycles. The molecule has 0 aliphatic heterocycles. The van der Waals surface area contributed by atoms with Crippen molar-refractivity contribution >= 4 is 22.5 Å². The Morgan fingerprint density at radius 2 is 1.97 bits per heavy atom. The lowest BCUT2D eigenvalue weighted by Gasteiger charge is -2.10. The Kier molecular flexibility index (Phi) is 4.83. The zero-order valence-corrected chi connectivity index (χ0v) is 18.2. The molecular formula is C26H21N5O3. The van der Waals surface area contributed by atoms with Crippen LogP contribution >= 0.6 is 0 Å². The van der Waals surface area contributed by atoms with Crippen LogP contribution in [-0.4, -0.2) is 25.7 Å². The van der Waals surface area contributed by atoms with E-state index in [1.165, 1.54) is 4.68 Å². The number of carbonyl (C=O) groups is 1. The van der Waals surface area contributed by atoms with Crippen molar-refractivity contribution in [2.45, 2.75) is 25.7 Å². The number of fused-ring (bicyclic) bond motifs is 2. The first-order valence-electron chi connectivity index (χ1n) is 11.2. The number of aromatic amines is 1. The Balaban J connectivity index is 1.37. The molecule has 1 aliphatic rings. The summed E-state index contributed by atoms with van der Waals surface area (Å²) in [6.07, 6.45) is 4.13. The summed E-state index contributed by atoms with van der Waals surface area (Å²) in [6.45, 7) is 0. The quantitative estimate of drug-likeness (QED) is 0.420. The zero-order chi connectivity index (χ0) is 23.1. The van der Waals surface area contributed by atoms with Crippen molar-refractivity contribution < 1.29 is 9.21 Å². The Labute approximate surface area is 194 Å². The van der Waals surface area contributed by atoms with Crippen molar-refractivity contribution in [2.24, 2.45) is 0 Å². The maximum Gasteiger partial charge on any atom is 0.255 e. The molecule has 0 saturated heterocycles. The molecule has 6 rings (SSSR count). The molecule has 2 aromatic carbocycles. The first kappa shape index (κ1) is 20.2. The summed E-state index contributed by atoms with van der Waals surface area (Å²) < 4.78 is 6.95. The molecule has 168 valence electrons. The third-order valence-corrected chi connectivity index (χ3v) is 6.11. The highest BCUT2D eigenvalue weighted by atomic mass is 16.3. The second-order valence-corrected chi connectivity index (χ2v) is 8.34. The van der Waals surface area contributed by atoms with Gasteiger partial charge in [-0.1, -0.05) is 42.5 Å². The lowest BCUT2D eigenvalue weighted by atomic mass is 10.0. The van der Waals surface area contributed by atoms with E-state index in [0.717, 1.165) is 46.9 Å². The van der Waals surface area contributed by atoms with Crippen molar-refractivity contribution in [3.8, 4) is 17.4 Å². The smallest absolute Gasteiger partial charge is 0.255 e. The van der Waals surface area contributed by atoms with E-state index in [4.69, 9.17) is 4.42 Å². The number of anilines is 1. The summed E-state index contributed by atoms with van der Waals surface area (Å²) in [4.78, 5) is 33.1. The summed E-state index contributed by atoms with van der Waals surface area (Å²) in [5.41, 5.74) is 2.79. The molecule has 0 spiro atoms. The van der Waals surface area contributed by atoms with Crippen LogP contribution in [-0.2, 0) is 24.1 Å². The largest absolute Gasteiger partial charge is 0.463 e. The third-order valence-electron chi connectivity index (χ3n) is 6.11. The van der Waals surface area contributed by atoms with E-state index >= 15 is 0 Å². The summed E-state index contributed by atoms with van der Waals surface area (Å²) in [5.74, 6) is 1.01. The summed E-state index contributed by atoms with van der Waals surface area (Å²) in [5, 5.41) is 9.64. The Morgan fingerprint density at radius 1 is 1.09 bits per heavy atom. The van der Waals surface area contributed by atoms with Crippen LogP contribution in [0, 0.1) is 0 Å². The lowest BCUT2D eigenvalue weighted by Crippen LogP contribution is -2.21. The lowest BCUT2D eigenvalue weighted by molar-refractivity contribution is -0.115. The molecule has 1 aliphatic carbocycles. The number of rotatable bonds is 5. The van der Waals surface area contributed by atoms with Gasteiger partial charge in [0.25, 0.3) is 5.56 Å². The zero-order valence-electron chi connectivity index (χ0n) is 18.2. The number of hydrogen-bond acceptors (Lipinski definition) is 5. The van der Waals surface area contributed by atoms with Gasteiger partial charge in [0.05, 0.1) is 18.4 Å². The average molecular weight is 451 g/mol. The first-order chi connectivity index (χ1) is 16.7. The van der Waals surface area contributed by atoms with Crippen LogP contribution in [0.2, 0.25) is 0 Å². The minimum absolute atomic E-state index is 0.166. The van der Waals surface area contributed by atoms with Gasteiger partial charge in [-0.15, -0.1) is 0 Å². The highest BCUT2D eigenvalue weighted by molar-refractivity contribution is 5.96. The SMILES string of the molecule is O=C(Cc1cccc2ccccc12)Nc1cc(-c2ccco2)nn1-c1nc2c(c(=O)[nH]1)CCC2. The van der Waals surface area contributed by atoms with Gasteiger partial charge in [-0.25, -0.2) is 4.98 Å². The van der Waals surface area contributed by atoms with Crippen LogP contribution < -0.4 is 10.9 Å². The van der Waals surface area contributed by atoms with Crippen LogP contribution in [0.1, 0.15) is 23.2 Å². The minimum atomic E-state index is -0.202. The van der Waals surface area contributed by atoms with E-state index in [2.05, 4.69) is 20.4 Å². The molecule has 34 heavy (non-hydrogen) atoms. The molecule has 5 aromatic rings. The highest BCUT2D eigenvalue weighted by Gasteiger charge is 2.21. The van der Waals surface area contributed by atoms with Gasteiger partial charge in [0, 0.05) is 11.6 Å². The Hall–Kier alpha value is -4.46. The molecule has 1 amide bonds. The molecule has 0 saturated carbocycles. The Morgan fingerprint density at radius 3 is 2.85 bits per heavy atom. The van der Waals surface area contributed by atoms with Gasteiger partial charge in [-0.2, -0.15) is 9.78 Å². The molecular weight excluding hydrogens is 430 g/mol. The maximum absolute atomic E-state index is 13.1. The van der Waals surface area contributed by atoms with E-state index in [1.807, 2.05) is 42.5 Å². The third kappa shape index (κ3) is 3.59. The number of amides is 1. The normalized spacial score (nSPS) is 12.7. The highest BCUT2D eigenvalue weighted by Crippen LogP contribution is 2.26. The molecule has 3 heterocycles. The van der Waals surface area contributed by atoms with Crippen LogP contribution in [0.15, 0.2) is 76.1 Å². The Bertz CT molecular complexity index is 1570. The fourth-order valence-electron chi connectivity index (χ4n) is 4.51. The minimum Gasteiger partial charge on any atom is -0.463 e. The summed E-state index contributed by atoms with van der Waals surface area (Å²) in [6, 6.07) is 19.2. The number of benzene rings is 2. The van der Waals surface area contributed by atoms with Gasteiger partial charge < -0.3 is 9.73 Å². The predicted molar refractivity (Wildman–Crippen MR) is 128 cm³/mol. The molecule has 8 heteroatoms. The van der Waals surface area contributed by atoms with Crippen LogP contribution in [0.3, 0.4) is 0 Å².